The number of methoxy groups -OCH3 is 1. The summed E-state index contributed by atoms with van der Waals surface area (Å²) in [6.07, 6.45) is 3.71. The minimum Gasteiger partial charge on any atom is -0.364 e. The first kappa shape index (κ1) is 5.11. The third kappa shape index (κ3) is 1.61. The predicted molar refractivity (Wildman–Crippen MR) is 35.5 cm³/mol. The van der Waals surface area contributed by atoms with E-state index in [1.807, 2.05) is 19.4 Å². The third-order valence-electron chi connectivity index (χ3n) is 1.10. The minimum atomic E-state index is -0.319. The maximum Gasteiger partial charge on any atom is 0.119 e. The molecule has 1 aliphatic rings. The van der Waals surface area contributed by atoms with Crippen molar-refractivity contribution in [3.63, 3.8) is 0 Å². The van der Waals surface area contributed by atoms with Gasteiger partial charge in [-0.25, -0.2) is 0 Å². The van der Waals surface area contributed by atoms with E-state index in [1.54, 1.807) is 16.9 Å². The molecular weight excluding hydrogens is 116 g/mol. The molecule has 3 nitrogen and oxygen atoms in total. The standard InChI is InChI=1S/C6H12N2O/c1-7-3-4-8(5-7)6-9-2/h3-4H,5-6H2,1-2H3/i5D. The van der Waals surface area contributed by atoms with Crippen LogP contribution in [0.5, 0.6) is 0 Å². The lowest BCUT2D eigenvalue weighted by atomic mass is 10.8. The van der Waals surface area contributed by atoms with E-state index in [1.165, 1.54) is 0 Å². The molecule has 0 N–H and O–H groups in total. The van der Waals surface area contributed by atoms with Crippen LogP contribution in [0, 0.1) is 0 Å². The highest BCUT2D eigenvalue weighted by Crippen LogP contribution is 2.01. The Balaban J connectivity index is 2.41. The molecular formula is C6H12N2O. The van der Waals surface area contributed by atoms with Crippen LogP contribution < -0.4 is 0 Å². The van der Waals surface area contributed by atoms with Crippen LogP contribution in [0.25, 0.3) is 0 Å². The smallest absolute Gasteiger partial charge is 0.119 e. The molecule has 0 radical (unpaired) electrons. The third-order valence-corrected chi connectivity index (χ3v) is 1.10. The van der Waals surface area contributed by atoms with E-state index >= 15 is 0 Å². The van der Waals surface area contributed by atoms with E-state index in [0.717, 1.165) is 0 Å². The van der Waals surface area contributed by atoms with Gasteiger partial charge in [-0.3, -0.25) is 0 Å². The average molecular weight is 129 g/mol. The summed E-state index contributed by atoms with van der Waals surface area (Å²) >= 11 is 0. The Morgan fingerprint density at radius 1 is 1.78 bits per heavy atom. The Kier molecular flexibility index (Phi) is 1.55. The maximum absolute atomic E-state index is 7.51. The van der Waals surface area contributed by atoms with Gasteiger partial charge < -0.3 is 14.5 Å². The van der Waals surface area contributed by atoms with Crippen molar-refractivity contribution in [1.82, 2.24) is 9.80 Å². The summed E-state index contributed by atoms with van der Waals surface area (Å²) in [5.41, 5.74) is 0. The van der Waals surface area contributed by atoms with Crippen molar-refractivity contribution in [2.45, 2.75) is 0 Å². The molecule has 0 spiro atoms. The van der Waals surface area contributed by atoms with Crippen molar-refractivity contribution >= 4 is 0 Å². The maximum atomic E-state index is 7.51. The molecule has 1 heterocycles. The SMILES string of the molecule is [2H]C1N(C)C=CN1COC. The summed E-state index contributed by atoms with van der Waals surface area (Å²) in [6.45, 7) is 0.162. The number of nitrogens with zero attached hydrogens (tertiary/aromatic N) is 2. The van der Waals surface area contributed by atoms with Crippen molar-refractivity contribution in [1.29, 1.82) is 0 Å². The summed E-state index contributed by atoms with van der Waals surface area (Å²) in [4.78, 5) is 3.60. The molecule has 1 aliphatic heterocycles. The topological polar surface area (TPSA) is 15.7 Å². The van der Waals surface area contributed by atoms with Crippen molar-refractivity contribution in [3.05, 3.63) is 12.4 Å². The van der Waals surface area contributed by atoms with Gasteiger partial charge in [0.15, 0.2) is 0 Å². The van der Waals surface area contributed by atoms with E-state index in [4.69, 9.17) is 6.11 Å². The van der Waals surface area contributed by atoms with Crippen LogP contribution in [-0.4, -0.2) is 37.3 Å². The van der Waals surface area contributed by atoms with Gasteiger partial charge in [0.1, 0.15) is 6.73 Å². The van der Waals surface area contributed by atoms with Crippen molar-refractivity contribution in [3.8, 4) is 0 Å². The van der Waals surface area contributed by atoms with E-state index in [-0.39, 0.29) is 6.64 Å². The van der Waals surface area contributed by atoms with Crippen LogP contribution in [0.4, 0.5) is 0 Å². The molecule has 0 aromatic rings. The lowest BCUT2D eigenvalue weighted by molar-refractivity contribution is 0.0856. The fraction of sp³-hybridized carbons (Fsp3) is 0.667. The summed E-state index contributed by atoms with van der Waals surface area (Å²) in [5, 5.41) is 0. The van der Waals surface area contributed by atoms with Gasteiger partial charge in [-0.15, -0.1) is 0 Å². The van der Waals surface area contributed by atoms with E-state index in [2.05, 4.69) is 0 Å². The Morgan fingerprint density at radius 3 is 3.00 bits per heavy atom. The van der Waals surface area contributed by atoms with Crippen LogP contribution in [0.1, 0.15) is 1.37 Å². The Labute approximate surface area is 56.9 Å². The first-order valence-electron chi connectivity index (χ1n) is 3.40. The molecule has 0 aromatic heterocycles. The van der Waals surface area contributed by atoms with Gasteiger partial charge in [-0.2, -0.15) is 0 Å². The summed E-state index contributed by atoms with van der Waals surface area (Å²) in [6, 6.07) is 0. The molecule has 0 aliphatic carbocycles. The highest BCUT2D eigenvalue weighted by atomic mass is 16.5. The number of hydrogen-bond donors (Lipinski definition) is 0. The summed E-state index contributed by atoms with van der Waals surface area (Å²) in [5.74, 6) is 0. The van der Waals surface area contributed by atoms with Crippen LogP contribution >= 0.6 is 0 Å². The molecule has 1 atom stereocenters. The zero-order chi connectivity index (χ0) is 7.56. The van der Waals surface area contributed by atoms with Gasteiger partial charge in [-0.1, -0.05) is 0 Å². The lowest BCUT2D eigenvalue weighted by Crippen LogP contribution is -2.23. The molecule has 1 rings (SSSR count). The second-order valence-corrected chi connectivity index (χ2v) is 2.01. The van der Waals surface area contributed by atoms with Crippen LogP contribution in [0.2, 0.25) is 0 Å². The fourth-order valence-corrected chi connectivity index (χ4v) is 0.727. The molecule has 9 heavy (non-hydrogen) atoms. The molecule has 0 amide bonds. The van der Waals surface area contributed by atoms with Crippen molar-refractivity contribution < 1.29 is 6.11 Å². The van der Waals surface area contributed by atoms with Crippen LogP contribution in [0.3, 0.4) is 0 Å². The Bertz CT molecular complexity index is 140. The highest BCUT2D eigenvalue weighted by molar-refractivity contribution is 4.86. The first-order valence-corrected chi connectivity index (χ1v) is 2.83. The van der Waals surface area contributed by atoms with Crippen molar-refractivity contribution in [2.75, 3.05) is 27.5 Å². The summed E-state index contributed by atoms with van der Waals surface area (Å²) < 4.78 is 12.4. The Hall–Kier alpha value is -0.700. The molecule has 0 bridgehead atoms. The second-order valence-electron chi connectivity index (χ2n) is 2.01. The lowest BCUT2D eigenvalue weighted by Gasteiger charge is -2.16. The zero-order valence-corrected chi connectivity index (χ0v) is 5.74. The van der Waals surface area contributed by atoms with E-state index in [0.29, 0.717) is 6.73 Å². The Morgan fingerprint density at radius 2 is 2.56 bits per heavy atom. The molecule has 0 saturated heterocycles. The fourth-order valence-electron chi connectivity index (χ4n) is 0.727. The highest BCUT2D eigenvalue weighted by Gasteiger charge is 2.05. The predicted octanol–water partition coefficient (Wildman–Crippen LogP) is 0.266. The van der Waals surface area contributed by atoms with Crippen LogP contribution in [-0.2, 0) is 4.74 Å². The zero-order valence-electron chi connectivity index (χ0n) is 6.74. The number of hydrogen-bond acceptors (Lipinski definition) is 3. The first-order chi connectivity index (χ1) is 4.75. The average Bonchev–Trinajstić information content (AvgIpc) is 2.20. The van der Waals surface area contributed by atoms with Gasteiger partial charge in [0.25, 0.3) is 0 Å². The second kappa shape index (κ2) is 2.73. The normalized spacial score (nSPS) is 27.3. The number of ether oxygens (including phenoxy) is 1. The molecule has 52 valence electrons. The number of rotatable bonds is 2. The van der Waals surface area contributed by atoms with Gasteiger partial charge >= 0.3 is 0 Å². The summed E-state index contributed by atoms with van der Waals surface area (Å²) in [7, 11) is 3.49. The molecule has 3 heteroatoms. The molecule has 1 unspecified atom stereocenters. The van der Waals surface area contributed by atoms with Gasteiger partial charge in [0, 0.05) is 26.6 Å². The van der Waals surface area contributed by atoms with E-state index < -0.39 is 0 Å². The van der Waals surface area contributed by atoms with Gasteiger partial charge in [-0.05, 0) is 0 Å². The van der Waals surface area contributed by atoms with E-state index in [9.17, 15) is 0 Å². The molecule has 0 aromatic carbocycles. The monoisotopic (exact) mass is 129 g/mol. The minimum absolute atomic E-state index is 0.319. The quantitative estimate of drug-likeness (QED) is 0.532. The largest absolute Gasteiger partial charge is 0.364 e. The van der Waals surface area contributed by atoms with Crippen LogP contribution in [0.15, 0.2) is 12.4 Å². The van der Waals surface area contributed by atoms with Crippen molar-refractivity contribution in [2.24, 2.45) is 0 Å². The molecule has 0 saturated carbocycles. The molecule has 0 fully saturated rings. The van der Waals surface area contributed by atoms with Gasteiger partial charge in [0.2, 0.25) is 0 Å². The van der Waals surface area contributed by atoms with Gasteiger partial charge in [0.05, 0.1) is 8.02 Å².